The van der Waals surface area contributed by atoms with E-state index in [4.69, 9.17) is 47.4 Å². The van der Waals surface area contributed by atoms with Gasteiger partial charge in [-0.05, 0) is 13.8 Å². The summed E-state index contributed by atoms with van der Waals surface area (Å²) in [5, 5.41) is 188. The summed E-state index contributed by atoms with van der Waals surface area (Å²) in [6.45, 7) is -0.740. The van der Waals surface area contributed by atoms with Crippen LogP contribution < -0.4 is 10.6 Å². The van der Waals surface area contributed by atoms with Crippen LogP contribution >= 0.6 is 0 Å². The van der Waals surface area contributed by atoms with Crippen LogP contribution in [0.3, 0.4) is 0 Å². The monoisotopic (exact) mass is 1040 g/mol. The molecule has 0 aromatic carbocycles. The minimum Gasteiger partial charge on any atom is -0.394 e. The number of aliphatic hydroxyl groups excluding tert-OH is 17. The molecule has 5 heterocycles. The van der Waals surface area contributed by atoms with E-state index < -0.39 is 223 Å². The molecule has 0 aromatic heterocycles. The zero-order chi connectivity index (χ0) is 52.9. The van der Waals surface area contributed by atoms with E-state index in [1.54, 1.807) is 0 Å². The third kappa shape index (κ3) is 13.5. The van der Waals surface area contributed by atoms with Gasteiger partial charge in [-0.2, -0.15) is 0 Å². The molecule has 2 amide bonds. The van der Waals surface area contributed by atoms with E-state index in [1.165, 1.54) is 13.8 Å². The van der Waals surface area contributed by atoms with Crippen molar-refractivity contribution in [2.75, 3.05) is 33.0 Å². The summed E-state index contributed by atoms with van der Waals surface area (Å²) in [4.78, 5) is 24.6. The smallest absolute Gasteiger partial charge is 0.217 e. The maximum atomic E-state index is 12.4. The maximum Gasteiger partial charge on any atom is 0.217 e. The fourth-order valence-corrected chi connectivity index (χ4v) is 8.75. The number of hydrogen-bond acceptors (Lipinski definition) is 29. The second-order valence-corrected chi connectivity index (χ2v) is 18.0. The maximum absolute atomic E-state index is 12.4. The van der Waals surface area contributed by atoms with Gasteiger partial charge in [-0.1, -0.05) is 0 Å². The number of nitrogens with one attached hydrogen (secondary N) is 2. The fraction of sp³-hybridized carbons (Fsp3) is 0.950. The molecule has 5 saturated heterocycles. The van der Waals surface area contributed by atoms with E-state index in [2.05, 4.69) is 10.6 Å². The van der Waals surface area contributed by atoms with Gasteiger partial charge in [-0.25, -0.2) is 0 Å². The molecule has 0 spiro atoms. The lowest BCUT2D eigenvalue weighted by atomic mass is 9.94. The highest BCUT2D eigenvalue weighted by Gasteiger charge is 2.59. The minimum absolute atomic E-state index is 0.808. The van der Waals surface area contributed by atoms with Crippen molar-refractivity contribution >= 4 is 11.8 Å². The van der Waals surface area contributed by atoms with Gasteiger partial charge in [-0.3, -0.25) is 9.59 Å². The van der Waals surface area contributed by atoms with Gasteiger partial charge >= 0.3 is 0 Å². The molecule has 5 aliphatic rings. The van der Waals surface area contributed by atoms with Crippen molar-refractivity contribution in [2.24, 2.45) is 0 Å². The number of hydrogen-bond donors (Lipinski definition) is 19. The SMILES string of the molecule is CC(=O)N[C@H]1[C@@H](O[C@H]2[C@@H](O)[C@@H](CO)O[C@@H](O[C@H]3[C@@H](O)[C@@H](CO)O[C@@H](O[C@@H]([C@@H](O)[C@H](O)CO)[C@H](CO)NC(C)=O)[C@@H]3O[C@@H]3O[C@@H](C)[C@@H](O)[C@@H](O)[C@@H]3O)[C@@H]2O[C@@H]2O[C@@H](C)[C@@H](O)[C@@H](O)[C@@H]2O)O[C@H](CO)[C@H](O)[C@@H]1O. The average molecular weight is 1040 g/mol. The van der Waals surface area contributed by atoms with Crippen LogP contribution in [0.2, 0.25) is 0 Å². The van der Waals surface area contributed by atoms with Gasteiger partial charge in [-0.15, -0.1) is 0 Å². The molecule has 0 bridgehead atoms. The summed E-state index contributed by atoms with van der Waals surface area (Å²) in [7, 11) is 0. The lowest BCUT2D eigenvalue weighted by molar-refractivity contribution is -0.414. The van der Waals surface area contributed by atoms with Gasteiger partial charge < -0.3 is 145 Å². The molecule has 31 nitrogen and oxygen atoms in total. The molecule has 29 atom stereocenters. The van der Waals surface area contributed by atoms with Crippen LogP contribution in [0.25, 0.3) is 0 Å². The fourth-order valence-electron chi connectivity index (χ4n) is 8.75. The second kappa shape index (κ2) is 26.1. The van der Waals surface area contributed by atoms with Crippen molar-refractivity contribution in [1.29, 1.82) is 0 Å². The predicted molar refractivity (Wildman–Crippen MR) is 222 cm³/mol. The lowest BCUT2D eigenvalue weighted by Gasteiger charge is -2.52. The first-order valence-corrected chi connectivity index (χ1v) is 22.7. The van der Waals surface area contributed by atoms with Crippen molar-refractivity contribution in [3.8, 4) is 0 Å². The van der Waals surface area contributed by atoms with Crippen LogP contribution in [-0.2, 0) is 57.0 Å². The molecular weight excluding hydrogens is 972 g/mol. The van der Waals surface area contributed by atoms with E-state index in [0.717, 1.165) is 13.8 Å². The van der Waals surface area contributed by atoms with Crippen LogP contribution in [0, 0.1) is 0 Å². The molecule has 5 rings (SSSR count). The summed E-state index contributed by atoms with van der Waals surface area (Å²) < 4.78 is 59.7. The highest BCUT2D eigenvalue weighted by molar-refractivity contribution is 5.73. The average Bonchev–Trinajstić information content (AvgIpc) is 3.33. The summed E-state index contributed by atoms with van der Waals surface area (Å²) in [6.07, 6.45) is -53.0. The van der Waals surface area contributed by atoms with E-state index in [9.17, 15) is 96.4 Å². The molecule has 0 unspecified atom stereocenters. The van der Waals surface area contributed by atoms with Crippen LogP contribution in [-0.4, -0.2) is 309 Å². The predicted octanol–water partition coefficient (Wildman–Crippen LogP) is -12.1. The number of aliphatic hydroxyl groups is 17. The molecule has 0 aromatic rings. The first-order valence-electron chi connectivity index (χ1n) is 22.7. The summed E-state index contributed by atoms with van der Waals surface area (Å²) in [5.41, 5.74) is 0. The Labute approximate surface area is 404 Å². The Kier molecular flexibility index (Phi) is 21.9. The molecule has 414 valence electrons. The molecule has 0 aliphatic carbocycles. The molecule has 31 heteroatoms. The van der Waals surface area contributed by atoms with E-state index >= 15 is 0 Å². The van der Waals surface area contributed by atoms with Crippen molar-refractivity contribution in [1.82, 2.24) is 10.6 Å². The second-order valence-electron chi connectivity index (χ2n) is 18.0. The van der Waals surface area contributed by atoms with Crippen molar-refractivity contribution < 1.29 is 144 Å². The highest BCUT2D eigenvalue weighted by atomic mass is 16.8. The van der Waals surface area contributed by atoms with Crippen molar-refractivity contribution in [2.45, 2.75) is 206 Å². The Hall–Kier alpha value is -2.14. The zero-order valence-corrected chi connectivity index (χ0v) is 38.8. The quantitative estimate of drug-likeness (QED) is 0.0538. The molecule has 0 saturated carbocycles. The Morgan fingerprint density at radius 2 is 0.901 bits per heavy atom. The first-order chi connectivity index (χ1) is 33.4. The molecule has 0 radical (unpaired) electrons. The summed E-state index contributed by atoms with van der Waals surface area (Å²) >= 11 is 0. The lowest BCUT2D eigenvalue weighted by Crippen LogP contribution is -2.70. The Balaban J connectivity index is 1.66. The number of amides is 2. The van der Waals surface area contributed by atoms with E-state index in [1.807, 2.05) is 0 Å². The van der Waals surface area contributed by atoms with Crippen LogP contribution in [0.4, 0.5) is 0 Å². The van der Waals surface area contributed by atoms with Gasteiger partial charge in [0.15, 0.2) is 31.5 Å². The van der Waals surface area contributed by atoms with Gasteiger partial charge in [0.1, 0.15) is 128 Å². The topological polar surface area (TPSA) is 494 Å². The van der Waals surface area contributed by atoms with Gasteiger partial charge in [0.25, 0.3) is 0 Å². The first kappa shape index (κ1) is 59.7. The third-order valence-corrected chi connectivity index (χ3v) is 12.8. The van der Waals surface area contributed by atoms with Crippen molar-refractivity contribution in [3.63, 3.8) is 0 Å². The van der Waals surface area contributed by atoms with Crippen LogP contribution in [0.5, 0.6) is 0 Å². The Bertz CT molecular complexity index is 1660. The molecular formula is C40H70N2O29. The number of rotatable bonds is 20. The number of carbonyl (C=O) groups is 2. The zero-order valence-electron chi connectivity index (χ0n) is 38.8. The van der Waals surface area contributed by atoms with E-state index in [0.29, 0.717) is 0 Å². The number of ether oxygens (including phenoxy) is 10. The van der Waals surface area contributed by atoms with E-state index in [-0.39, 0.29) is 0 Å². The van der Waals surface area contributed by atoms with Crippen molar-refractivity contribution in [3.05, 3.63) is 0 Å². The highest BCUT2D eigenvalue weighted by Crippen LogP contribution is 2.38. The molecule has 5 fully saturated rings. The van der Waals surface area contributed by atoms with Crippen LogP contribution in [0.15, 0.2) is 0 Å². The minimum atomic E-state index is -2.25. The molecule has 5 aliphatic heterocycles. The standard InChI is InChI=1S/C40H70N2O29/c1-10-20(51)27(58)29(60)37(62-10)70-34-32(68-36-19(42-13(4)49)26(57)23(54)16(7-45)64-36)24(55)17(8-46)66-40(34)69-33-25(56)18(9-47)65-39(35(33)71-38-30(61)28(59)21(52)11(2)63-38)67-31(22(53)15(50)6-44)14(5-43)41-12(3)48/h10-11,14-40,43-47,50-61H,5-9H2,1-4H3,(H,41,48)(H,42,49)/t10-,11-,14-,15+,16+,17+,18+,19+,20+,21+,22-,23-,24-,25-,26+,27+,28+,29-,30-,31+,32-,33-,34+,35+,36+,37-,38-,39-,40-/m0/s1. The number of carbonyl (C=O) groups excluding carboxylic acids is 2. The third-order valence-electron chi connectivity index (χ3n) is 12.8. The Morgan fingerprint density at radius 1 is 0.479 bits per heavy atom. The normalized spacial score (nSPS) is 46.1. The summed E-state index contributed by atoms with van der Waals surface area (Å²) in [5.74, 6) is -1.62. The Morgan fingerprint density at radius 3 is 1.34 bits per heavy atom. The van der Waals surface area contributed by atoms with Gasteiger partial charge in [0, 0.05) is 13.8 Å². The molecule has 19 N–H and O–H groups in total. The summed E-state index contributed by atoms with van der Waals surface area (Å²) in [6, 6.07) is -3.36. The molecule has 71 heavy (non-hydrogen) atoms. The van der Waals surface area contributed by atoms with Gasteiger partial charge in [0.05, 0.1) is 51.3 Å². The van der Waals surface area contributed by atoms with Gasteiger partial charge in [0.2, 0.25) is 11.8 Å². The largest absolute Gasteiger partial charge is 0.394 e. The van der Waals surface area contributed by atoms with Crippen LogP contribution in [0.1, 0.15) is 27.7 Å².